The van der Waals surface area contributed by atoms with E-state index in [1.165, 1.54) is 0 Å². The van der Waals surface area contributed by atoms with Gasteiger partial charge in [0, 0.05) is 5.69 Å². The standard InChI is InChI=1S/C18H17NO2/c20-17-18(9-4-10-18)15-11-14(7-8-16(15)19-17)21-12-13-5-2-1-3-6-13/h1-3,5-8,11H,4,9-10,12H2,(H,19,20). The number of ether oxygens (including phenoxy) is 1. The maximum absolute atomic E-state index is 12.2. The quantitative estimate of drug-likeness (QED) is 0.931. The van der Waals surface area contributed by atoms with Crippen molar-refractivity contribution in [3.8, 4) is 5.75 Å². The molecule has 1 heterocycles. The molecule has 1 saturated carbocycles. The van der Waals surface area contributed by atoms with Crippen molar-refractivity contribution in [2.24, 2.45) is 0 Å². The van der Waals surface area contributed by atoms with Crippen molar-refractivity contribution in [3.05, 3.63) is 59.7 Å². The Bertz CT molecular complexity index is 690. The van der Waals surface area contributed by atoms with Gasteiger partial charge in [-0.05, 0) is 42.2 Å². The van der Waals surface area contributed by atoms with Gasteiger partial charge in [-0.1, -0.05) is 36.8 Å². The molecule has 0 aromatic heterocycles. The summed E-state index contributed by atoms with van der Waals surface area (Å²) in [4.78, 5) is 12.2. The Morgan fingerprint density at radius 1 is 1.10 bits per heavy atom. The minimum Gasteiger partial charge on any atom is -0.489 e. The normalized spacial score (nSPS) is 18.0. The van der Waals surface area contributed by atoms with E-state index in [-0.39, 0.29) is 11.3 Å². The molecular formula is C18H17NO2. The number of hydrogen-bond acceptors (Lipinski definition) is 2. The first-order chi connectivity index (χ1) is 10.3. The largest absolute Gasteiger partial charge is 0.489 e. The van der Waals surface area contributed by atoms with Gasteiger partial charge in [-0.15, -0.1) is 0 Å². The Balaban J connectivity index is 1.58. The van der Waals surface area contributed by atoms with E-state index in [4.69, 9.17) is 4.74 Å². The van der Waals surface area contributed by atoms with E-state index < -0.39 is 0 Å². The summed E-state index contributed by atoms with van der Waals surface area (Å²) < 4.78 is 5.88. The minimum atomic E-state index is -0.276. The molecule has 1 N–H and O–H groups in total. The van der Waals surface area contributed by atoms with E-state index in [0.29, 0.717) is 6.61 Å². The van der Waals surface area contributed by atoms with Gasteiger partial charge < -0.3 is 10.1 Å². The highest BCUT2D eigenvalue weighted by Gasteiger charge is 2.51. The van der Waals surface area contributed by atoms with Gasteiger partial charge >= 0.3 is 0 Å². The van der Waals surface area contributed by atoms with Gasteiger partial charge in [-0.25, -0.2) is 0 Å². The maximum atomic E-state index is 12.2. The van der Waals surface area contributed by atoms with Gasteiger partial charge in [0.1, 0.15) is 12.4 Å². The minimum absolute atomic E-state index is 0.156. The van der Waals surface area contributed by atoms with Crippen LogP contribution in [0.1, 0.15) is 30.4 Å². The van der Waals surface area contributed by atoms with Gasteiger partial charge in [0.05, 0.1) is 5.41 Å². The Labute approximate surface area is 123 Å². The van der Waals surface area contributed by atoms with E-state index in [2.05, 4.69) is 5.32 Å². The fourth-order valence-electron chi connectivity index (χ4n) is 3.25. The van der Waals surface area contributed by atoms with E-state index in [1.54, 1.807) is 0 Å². The SMILES string of the molecule is O=C1Nc2ccc(OCc3ccccc3)cc2C12CCC2. The fraction of sp³-hybridized carbons (Fsp3) is 0.278. The summed E-state index contributed by atoms with van der Waals surface area (Å²) >= 11 is 0. The Morgan fingerprint density at radius 2 is 1.90 bits per heavy atom. The van der Waals surface area contributed by atoms with Crippen molar-refractivity contribution in [1.82, 2.24) is 0 Å². The highest BCUT2D eigenvalue weighted by molar-refractivity contribution is 6.07. The zero-order valence-electron chi connectivity index (χ0n) is 11.8. The van der Waals surface area contributed by atoms with Crippen LogP contribution in [0.5, 0.6) is 5.75 Å². The van der Waals surface area contributed by atoms with Crippen molar-refractivity contribution in [1.29, 1.82) is 0 Å². The van der Waals surface area contributed by atoms with Gasteiger partial charge in [-0.3, -0.25) is 4.79 Å². The molecular weight excluding hydrogens is 262 g/mol. The third-order valence-electron chi connectivity index (χ3n) is 4.64. The molecule has 3 heteroatoms. The molecule has 3 nitrogen and oxygen atoms in total. The number of anilines is 1. The lowest BCUT2D eigenvalue weighted by atomic mass is 9.65. The molecule has 4 rings (SSSR count). The first kappa shape index (κ1) is 12.5. The molecule has 1 fully saturated rings. The molecule has 2 aliphatic rings. The molecule has 106 valence electrons. The Morgan fingerprint density at radius 3 is 2.62 bits per heavy atom. The number of benzene rings is 2. The summed E-state index contributed by atoms with van der Waals surface area (Å²) in [6.45, 7) is 0.550. The van der Waals surface area contributed by atoms with E-state index in [0.717, 1.165) is 41.8 Å². The smallest absolute Gasteiger partial charge is 0.235 e. The van der Waals surface area contributed by atoms with Crippen molar-refractivity contribution in [2.75, 3.05) is 5.32 Å². The maximum Gasteiger partial charge on any atom is 0.235 e. The fourth-order valence-corrected chi connectivity index (χ4v) is 3.25. The number of carbonyl (C=O) groups is 1. The van der Waals surface area contributed by atoms with Gasteiger partial charge in [-0.2, -0.15) is 0 Å². The first-order valence-corrected chi connectivity index (χ1v) is 7.41. The van der Waals surface area contributed by atoms with Crippen molar-refractivity contribution in [3.63, 3.8) is 0 Å². The predicted octanol–water partition coefficient (Wildman–Crippen LogP) is 3.64. The molecule has 2 aromatic carbocycles. The van der Waals surface area contributed by atoms with E-state index in [9.17, 15) is 4.79 Å². The van der Waals surface area contributed by atoms with Crippen molar-refractivity contribution < 1.29 is 9.53 Å². The van der Waals surface area contributed by atoms with Gasteiger partial charge in [0.15, 0.2) is 0 Å². The highest BCUT2D eigenvalue weighted by atomic mass is 16.5. The van der Waals surface area contributed by atoms with Crippen molar-refractivity contribution in [2.45, 2.75) is 31.3 Å². The summed E-state index contributed by atoms with van der Waals surface area (Å²) in [6.07, 6.45) is 3.03. The van der Waals surface area contributed by atoms with Crippen LogP contribution in [0.4, 0.5) is 5.69 Å². The third-order valence-corrected chi connectivity index (χ3v) is 4.64. The number of fused-ring (bicyclic) bond motifs is 2. The monoisotopic (exact) mass is 279 g/mol. The second-order valence-corrected chi connectivity index (χ2v) is 5.87. The van der Waals surface area contributed by atoms with Crippen LogP contribution < -0.4 is 10.1 Å². The molecule has 1 amide bonds. The summed E-state index contributed by atoms with van der Waals surface area (Å²) in [7, 11) is 0. The Kier molecular flexibility index (Phi) is 2.74. The summed E-state index contributed by atoms with van der Waals surface area (Å²) in [5.74, 6) is 0.990. The van der Waals surface area contributed by atoms with Crippen LogP contribution in [-0.4, -0.2) is 5.91 Å². The topological polar surface area (TPSA) is 38.3 Å². The zero-order valence-corrected chi connectivity index (χ0v) is 11.8. The average Bonchev–Trinajstić information content (AvgIpc) is 2.77. The number of amides is 1. The van der Waals surface area contributed by atoms with E-state index in [1.807, 2.05) is 48.5 Å². The zero-order chi connectivity index (χ0) is 14.3. The van der Waals surface area contributed by atoms with Crippen LogP contribution in [0, 0.1) is 0 Å². The second-order valence-electron chi connectivity index (χ2n) is 5.87. The Hall–Kier alpha value is -2.29. The van der Waals surface area contributed by atoms with Gasteiger partial charge in [0.25, 0.3) is 0 Å². The number of nitrogens with one attached hydrogen (secondary N) is 1. The first-order valence-electron chi connectivity index (χ1n) is 7.41. The van der Waals surface area contributed by atoms with Crippen LogP contribution in [-0.2, 0) is 16.8 Å². The average molecular weight is 279 g/mol. The molecule has 1 aliphatic carbocycles. The number of carbonyl (C=O) groups excluding carboxylic acids is 1. The molecule has 1 aliphatic heterocycles. The third kappa shape index (κ3) is 1.92. The molecule has 0 bridgehead atoms. The lowest BCUT2D eigenvalue weighted by Gasteiger charge is -2.36. The molecule has 0 atom stereocenters. The second kappa shape index (κ2) is 4.62. The van der Waals surface area contributed by atoms with Crippen molar-refractivity contribution >= 4 is 11.6 Å². The number of hydrogen-bond donors (Lipinski definition) is 1. The summed E-state index contributed by atoms with van der Waals surface area (Å²) in [5, 5.41) is 3.00. The van der Waals surface area contributed by atoms with Crippen LogP contribution in [0.3, 0.4) is 0 Å². The van der Waals surface area contributed by atoms with Crippen LogP contribution in [0.25, 0.3) is 0 Å². The number of rotatable bonds is 3. The molecule has 21 heavy (non-hydrogen) atoms. The predicted molar refractivity (Wildman–Crippen MR) is 81.4 cm³/mol. The lowest BCUT2D eigenvalue weighted by molar-refractivity contribution is -0.123. The lowest BCUT2D eigenvalue weighted by Crippen LogP contribution is -2.40. The summed E-state index contributed by atoms with van der Waals surface area (Å²) in [6, 6.07) is 16.0. The molecule has 0 radical (unpaired) electrons. The molecule has 0 saturated heterocycles. The molecule has 0 unspecified atom stereocenters. The van der Waals surface area contributed by atoms with E-state index >= 15 is 0 Å². The molecule has 1 spiro atoms. The molecule has 2 aromatic rings. The van der Waals surface area contributed by atoms with Crippen LogP contribution in [0.15, 0.2) is 48.5 Å². The highest BCUT2D eigenvalue weighted by Crippen LogP contribution is 2.51. The van der Waals surface area contributed by atoms with Crippen LogP contribution >= 0.6 is 0 Å². The van der Waals surface area contributed by atoms with Gasteiger partial charge in [0.2, 0.25) is 5.91 Å². The van der Waals surface area contributed by atoms with Crippen LogP contribution in [0.2, 0.25) is 0 Å². The summed E-state index contributed by atoms with van der Waals surface area (Å²) in [5.41, 5.74) is 2.93.